The minimum atomic E-state index is -3.67. The molecule has 3 fully saturated rings. The Hall–Kier alpha value is -0.250. The maximum absolute atomic E-state index is 9.67. The second-order valence-electron chi connectivity index (χ2n) is 3.32. The summed E-state index contributed by atoms with van der Waals surface area (Å²) in [5, 5.41) is 0. The van der Waals surface area contributed by atoms with Gasteiger partial charge in [-0.25, -0.2) is 0 Å². The van der Waals surface area contributed by atoms with Crippen molar-refractivity contribution in [3.8, 4) is 0 Å². The second kappa shape index (κ2) is 4.70. The number of rotatable bonds is 0. The summed E-state index contributed by atoms with van der Waals surface area (Å²) < 4.78 is 29.0. The Balaban J connectivity index is 0.000000157. The van der Waals surface area contributed by atoms with E-state index in [4.69, 9.17) is 0 Å². The second-order valence-corrected chi connectivity index (χ2v) is 3.32. The van der Waals surface area contributed by atoms with Gasteiger partial charge >= 0.3 is 6.68 Å². The van der Waals surface area contributed by atoms with Gasteiger partial charge in [-0.3, -0.25) is 0 Å². The molecule has 0 amide bonds. The monoisotopic (exact) mass is 181 g/mol. The number of halogens is 3. The van der Waals surface area contributed by atoms with Crippen molar-refractivity contribution in [1.29, 1.82) is 0 Å². The van der Waals surface area contributed by atoms with E-state index in [0.717, 1.165) is 5.92 Å². The molecular formula is C8H14F3N. The normalized spacial score (nSPS) is 33.0. The third kappa shape index (κ3) is 3.43. The Morgan fingerprint density at radius 2 is 1.25 bits per heavy atom. The number of hydrogen-bond donors (Lipinski definition) is 0. The predicted molar refractivity (Wildman–Crippen MR) is 40.9 cm³/mol. The van der Waals surface area contributed by atoms with Crippen LogP contribution in [0.1, 0.15) is 19.3 Å². The van der Waals surface area contributed by atoms with Gasteiger partial charge in [0.15, 0.2) is 0 Å². The van der Waals surface area contributed by atoms with Crippen LogP contribution in [0.15, 0.2) is 0 Å². The summed E-state index contributed by atoms with van der Waals surface area (Å²) >= 11 is 0. The Morgan fingerprint density at radius 3 is 1.33 bits per heavy atom. The van der Waals surface area contributed by atoms with Gasteiger partial charge in [0, 0.05) is 0 Å². The van der Waals surface area contributed by atoms with Crippen LogP contribution in [-0.2, 0) is 0 Å². The molecule has 3 aliphatic heterocycles. The molecule has 0 aliphatic carbocycles. The first-order chi connectivity index (χ1) is 5.68. The van der Waals surface area contributed by atoms with E-state index in [1.165, 1.54) is 38.9 Å². The molecule has 12 heavy (non-hydrogen) atoms. The fraction of sp³-hybridized carbons (Fsp3) is 1.00. The summed E-state index contributed by atoms with van der Waals surface area (Å²) in [5.74, 6) is 1.11. The van der Waals surface area contributed by atoms with Crippen molar-refractivity contribution in [3.05, 3.63) is 0 Å². The van der Waals surface area contributed by atoms with Gasteiger partial charge in [-0.2, -0.15) is 13.2 Å². The lowest BCUT2D eigenvalue weighted by Crippen LogP contribution is -2.41. The molecule has 0 unspecified atom stereocenters. The average Bonchev–Trinajstić information content (AvgIpc) is 2.07. The maximum atomic E-state index is 9.67. The smallest absolute Gasteiger partial charge is 0.303 e. The summed E-state index contributed by atoms with van der Waals surface area (Å²) in [7, 11) is 0. The molecule has 0 atom stereocenters. The molecule has 3 aliphatic rings. The molecular weight excluding hydrogens is 167 g/mol. The molecule has 0 saturated carbocycles. The van der Waals surface area contributed by atoms with Crippen molar-refractivity contribution >= 4 is 0 Å². The van der Waals surface area contributed by atoms with Crippen LogP contribution >= 0.6 is 0 Å². The molecule has 4 heteroatoms. The van der Waals surface area contributed by atoms with Crippen LogP contribution in [0.3, 0.4) is 0 Å². The van der Waals surface area contributed by atoms with Crippen molar-refractivity contribution in [2.45, 2.75) is 25.9 Å². The summed E-state index contributed by atoms with van der Waals surface area (Å²) in [6, 6.07) is 0. The van der Waals surface area contributed by atoms with E-state index in [1.54, 1.807) is 0 Å². The van der Waals surface area contributed by atoms with Crippen LogP contribution in [-0.4, -0.2) is 31.2 Å². The highest BCUT2D eigenvalue weighted by Crippen LogP contribution is 2.26. The minimum absolute atomic E-state index is 1.11. The highest BCUT2D eigenvalue weighted by molar-refractivity contribution is 4.78. The highest BCUT2D eigenvalue weighted by Gasteiger charge is 2.24. The largest absolute Gasteiger partial charge is 0.379 e. The summed E-state index contributed by atoms with van der Waals surface area (Å²) in [6.45, 7) is 0.514. The van der Waals surface area contributed by atoms with Crippen molar-refractivity contribution < 1.29 is 13.2 Å². The van der Waals surface area contributed by atoms with E-state index >= 15 is 0 Å². The lowest BCUT2D eigenvalue weighted by atomic mass is 9.89. The standard InChI is InChI=1S/C7H13N.CHF3/c1-4-8-5-2-7(1)3-6-8;2-1(3)4/h7H,1-6H2;1H. The Labute approximate surface area is 70.5 Å². The van der Waals surface area contributed by atoms with Crippen LogP contribution in [0.25, 0.3) is 0 Å². The van der Waals surface area contributed by atoms with Gasteiger partial charge in [-0.15, -0.1) is 0 Å². The summed E-state index contributed by atoms with van der Waals surface area (Å²) in [5.41, 5.74) is 0. The molecule has 0 spiro atoms. The third-order valence-electron chi connectivity index (χ3n) is 2.56. The molecule has 0 N–H and O–H groups in total. The summed E-state index contributed by atoms with van der Waals surface area (Å²) in [6.07, 6.45) is 4.46. The minimum Gasteiger partial charge on any atom is -0.303 e. The first kappa shape index (κ1) is 9.84. The van der Waals surface area contributed by atoms with Gasteiger partial charge in [-0.05, 0) is 44.8 Å². The molecule has 0 aromatic carbocycles. The Kier molecular flexibility index (Phi) is 3.85. The van der Waals surface area contributed by atoms with E-state index in [9.17, 15) is 13.2 Å². The molecule has 0 aromatic rings. The molecule has 0 radical (unpaired) electrons. The topological polar surface area (TPSA) is 3.24 Å². The lowest BCUT2D eigenvalue weighted by Gasteiger charge is -2.38. The van der Waals surface area contributed by atoms with Crippen molar-refractivity contribution in [3.63, 3.8) is 0 Å². The van der Waals surface area contributed by atoms with Gasteiger partial charge in [0.2, 0.25) is 0 Å². The first-order valence-electron chi connectivity index (χ1n) is 4.33. The fourth-order valence-electron chi connectivity index (χ4n) is 1.86. The first-order valence-corrected chi connectivity index (χ1v) is 4.33. The van der Waals surface area contributed by atoms with E-state index in [-0.39, 0.29) is 0 Å². The molecule has 1 nitrogen and oxygen atoms in total. The molecule has 2 bridgehead atoms. The zero-order valence-corrected chi connectivity index (χ0v) is 6.98. The van der Waals surface area contributed by atoms with Gasteiger partial charge in [-0.1, -0.05) is 0 Å². The Morgan fingerprint density at radius 1 is 0.917 bits per heavy atom. The predicted octanol–water partition coefficient (Wildman–Crippen LogP) is 2.28. The quantitative estimate of drug-likeness (QED) is 0.554. The molecule has 3 heterocycles. The van der Waals surface area contributed by atoms with Crippen molar-refractivity contribution in [2.75, 3.05) is 19.6 Å². The fourth-order valence-corrected chi connectivity index (χ4v) is 1.86. The van der Waals surface area contributed by atoms with Crippen LogP contribution in [0.2, 0.25) is 0 Å². The third-order valence-corrected chi connectivity index (χ3v) is 2.56. The molecule has 0 aromatic heterocycles. The van der Waals surface area contributed by atoms with Crippen LogP contribution in [0.4, 0.5) is 13.2 Å². The Bertz CT molecular complexity index is 95.7. The van der Waals surface area contributed by atoms with Gasteiger partial charge in [0.25, 0.3) is 0 Å². The zero-order chi connectivity index (χ0) is 8.97. The molecule has 72 valence electrons. The SMILES string of the molecule is C1CN2CCC1CC2.FC(F)F. The number of fused-ring (bicyclic) bond motifs is 3. The number of nitrogens with zero attached hydrogens (tertiary/aromatic N) is 1. The highest BCUT2D eigenvalue weighted by atomic mass is 19.4. The van der Waals surface area contributed by atoms with Gasteiger partial charge in [0.05, 0.1) is 0 Å². The van der Waals surface area contributed by atoms with Crippen LogP contribution in [0.5, 0.6) is 0 Å². The number of hydrogen-bond acceptors (Lipinski definition) is 1. The molecule has 3 rings (SSSR count). The van der Waals surface area contributed by atoms with Gasteiger partial charge in [0.1, 0.15) is 0 Å². The van der Waals surface area contributed by atoms with E-state index in [1.807, 2.05) is 0 Å². The van der Waals surface area contributed by atoms with Crippen LogP contribution < -0.4 is 0 Å². The van der Waals surface area contributed by atoms with Crippen LogP contribution in [0, 0.1) is 5.92 Å². The van der Waals surface area contributed by atoms with E-state index in [0.29, 0.717) is 0 Å². The number of alkyl halides is 3. The average molecular weight is 181 g/mol. The maximum Gasteiger partial charge on any atom is 0.379 e. The number of piperidine rings is 3. The zero-order valence-electron chi connectivity index (χ0n) is 6.98. The van der Waals surface area contributed by atoms with E-state index < -0.39 is 6.68 Å². The lowest BCUT2D eigenvalue weighted by molar-refractivity contribution is 0.00819. The van der Waals surface area contributed by atoms with Gasteiger partial charge < -0.3 is 4.90 Å². The van der Waals surface area contributed by atoms with E-state index in [2.05, 4.69) is 4.90 Å². The van der Waals surface area contributed by atoms with Crippen molar-refractivity contribution in [2.24, 2.45) is 5.92 Å². The molecule has 3 saturated heterocycles. The summed E-state index contributed by atoms with van der Waals surface area (Å²) in [4.78, 5) is 2.58. The van der Waals surface area contributed by atoms with Crippen molar-refractivity contribution in [1.82, 2.24) is 4.90 Å².